The molecule has 9 heteroatoms. The Hall–Kier alpha value is -4.66. The van der Waals surface area contributed by atoms with Crippen LogP contribution < -0.4 is 25.5 Å². The van der Waals surface area contributed by atoms with Crippen LogP contribution in [0.2, 0.25) is 0 Å². The van der Waals surface area contributed by atoms with E-state index in [0.717, 1.165) is 17.5 Å². The number of benzene rings is 3. The first-order chi connectivity index (χ1) is 17.9. The highest BCUT2D eigenvalue weighted by Crippen LogP contribution is 2.28. The Balaban J connectivity index is 1.54. The lowest BCUT2D eigenvalue weighted by Gasteiger charge is -2.13. The number of anilines is 2. The second kappa shape index (κ2) is 13.4. The number of hydrogen-bond acceptors (Lipinski definition) is 6. The van der Waals surface area contributed by atoms with Crippen LogP contribution >= 0.6 is 0 Å². The highest BCUT2D eigenvalue weighted by atomic mass is 16.5. The average Bonchev–Trinajstić information content (AvgIpc) is 2.88. The molecule has 0 aliphatic heterocycles. The number of ether oxygens (including phenoxy) is 2. The standard InChI is InChI=1S/C28H30N4O5/c1-4-20-9-12-22(13-10-20)31-27(34)28(35)32-29-17-21-11-14-24(25(16-21)36-5-2)37-18-26(33)30-23-8-6-7-19(3)15-23/h6-17H,4-5,18H2,1-3H3,(H,30,33)(H,31,34)(H,32,35)/b29-17-. The summed E-state index contributed by atoms with van der Waals surface area (Å²) in [5, 5.41) is 9.15. The van der Waals surface area contributed by atoms with Gasteiger partial charge in [0.1, 0.15) is 0 Å². The lowest BCUT2D eigenvalue weighted by atomic mass is 10.1. The molecule has 0 radical (unpaired) electrons. The van der Waals surface area contributed by atoms with E-state index in [1.807, 2.05) is 51.1 Å². The molecule has 0 heterocycles. The molecule has 3 rings (SSSR count). The van der Waals surface area contributed by atoms with Crippen LogP contribution in [0.3, 0.4) is 0 Å². The monoisotopic (exact) mass is 502 g/mol. The number of carbonyl (C=O) groups excluding carboxylic acids is 3. The van der Waals surface area contributed by atoms with E-state index in [-0.39, 0.29) is 12.5 Å². The second-order valence-electron chi connectivity index (χ2n) is 8.05. The molecule has 0 fully saturated rings. The van der Waals surface area contributed by atoms with Gasteiger partial charge in [0.25, 0.3) is 5.91 Å². The summed E-state index contributed by atoms with van der Waals surface area (Å²) in [7, 11) is 0. The molecule has 0 saturated carbocycles. The van der Waals surface area contributed by atoms with Gasteiger partial charge in [-0.25, -0.2) is 5.43 Å². The molecular weight excluding hydrogens is 472 g/mol. The van der Waals surface area contributed by atoms with Crippen LogP contribution in [0.1, 0.15) is 30.5 Å². The molecular formula is C28H30N4O5. The Morgan fingerprint density at radius 3 is 2.32 bits per heavy atom. The van der Waals surface area contributed by atoms with E-state index < -0.39 is 11.8 Å². The molecule has 37 heavy (non-hydrogen) atoms. The van der Waals surface area contributed by atoms with Crippen LogP contribution in [0, 0.1) is 6.92 Å². The van der Waals surface area contributed by atoms with Crippen molar-refractivity contribution in [1.29, 1.82) is 0 Å². The van der Waals surface area contributed by atoms with Crippen LogP contribution in [0.4, 0.5) is 11.4 Å². The number of hydrazone groups is 1. The van der Waals surface area contributed by atoms with E-state index in [1.165, 1.54) is 6.21 Å². The number of amides is 3. The molecule has 3 aromatic rings. The second-order valence-corrected chi connectivity index (χ2v) is 8.05. The molecule has 0 spiro atoms. The molecule has 0 aromatic heterocycles. The smallest absolute Gasteiger partial charge is 0.329 e. The van der Waals surface area contributed by atoms with Crippen LogP contribution in [-0.2, 0) is 20.8 Å². The van der Waals surface area contributed by atoms with Crippen molar-refractivity contribution in [3.63, 3.8) is 0 Å². The Labute approximate surface area is 215 Å². The van der Waals surface area contributed by atoms with Crippen molar-refractivity contribution in [1.82, 2.24) is 5.43 Å². The van der Waals surface area contributed by atoms with Crippen molar-refractivity contribution in [3.8, 4) is 11.5 Å². The number of nitrogens with zero attached hydrogens (tertiary/aromatic N) is 1. The van der Waals surface area contributed by atoms with Crippen LogP contribution in [0.15, 0.2) is 71.8 Å². The zero-order valence-corrected chi connectivity index (χ0v) is 21.0. The number of rotatable bonds is 10. The molecule has 3 aromatic carbocycles. The van der Waals surface area contributed by atoms with E-state index in [4.69, 9.17) is 9.47 Å². The zero-order valence-electron chi connectivity index (χ0n) is 21.0. The first-order valence-electron chi connectivity index (χ1n) is 11.9. The molecule has 192 valence electrons. The third-order valence-electron chi connectivity index (χ3n) is 5.13. The summed E-state index contributed by atoms with van der Waals surface area (Å²) >= 11 is 0. The van der Waals surface area contributed by atoms with Crippen LogP contribution in [0.25, 0.3) is 0 Å². The number of carbonyl (C=O) groups is 3. The Morgan fingerprint density at radius 2 is 1.62 bits per heavy atom. The number of aryl methyl sites for hydroxylation is 2. The summed E-state index contributed by atoms with van der Waals surface area (Å²) in [6, 6.07) is 19.7. The highest BCUT2D eigenvalue weighted by Gasteiger charge is 2.13. The van der Waals surface area contributed by atoms with Crippen molar-refractivity contribution >= 4 is 35.3 Å². The maximum Gasteiger partial charge on any atom is 0.329 e. The molecule has 0 aliphatic carbocycles. The van der Waals surface area contributed by atoms with Gasteiger partial charge < -0.3 is 20.1 Å². The van der Waals surface area contributed by atoms with Crippen molar-refractivity contribution in [2.45, 2.75) is 27.2 Å². The lowest BCUT2D eigenvalue weighted by molar-refractivity contribution is -0.136. The molecule has 3 amide bonds. The largest absolute Gasteiger partial charge is 0.490 e. The van der Waals surface area contributed by atoms with Crippen molar-refractivity contribution in [2.75, 3.05) is 23.8 Å². The first-order valence-corrected chi connectivity index (χ1v) is 11.9. The fraction of sp³-hybridized carbons (Fsp3) is 0.214. The van der Waals surface area contributed by atoms with Crippen LogP contribution in [-0.4, -0.2) is 37.1 Å². The first kappa shape index (κ1) is 26.9. The van der Waals surface area contributed by atoms with Gasteiger partial charge in [-0.15, -0.1) is 0 Å². The van der Waals surface area contributed by atoms with Crippen molar-refractivity contribution in [2.24, 2.45) is 5.10 Å². The van der Waals surface area contributed by atoms with Crippen LogP contribution in [0.5, 0.6) is 11.5 Å². The zero-order chi connectivity index (χ0) is 26.6. The van der Waals surface area contributed by atoms with Gasteiger partial charge in [-0.05, 0) is 79.4 Å². The predicted octanol–water partition coefficient (Wildman–Crippen LogP) is 4.06. The van der Waals surface area contributed by atoms with Gasteiger partial charge in [-0.2, -0.15) is 5.10 Å². The topological polar surface area (TPSA) is 118 Å². The fourth-order valence-corrected chi connectivity index (χ4v) is 3.28. The molecule has 0 aliphatic rings. The molecule has 0 unspecified atom stereocenters. The molecule has 3 N–H and O–H groups in total. The Bertz CT molecular complexity index is 1270. The quantitative estimate of drug-likeness (QED) is 0.220. The minimum Gasteiger partial charge on any atom is -0.490 e. The van der Waals surface area contributed by atoms with Crippen molar-refractivity contribution in [3.05, 3.63) is 83.4 Å². The summed E-state index contributed by atoms with van der Waals surface area (Å²) in [6.07, 6.45) is 2.25. The van der Waals surface area contributed by atoms with E-state index in [0.29, 0.717) is 35.0 Å². The predicted molar refractivity (Wildman–Crippen MR) is 143 cm³/mol. The number of hydrogen-bond donors (Lipinski definition) is 3. The molecule has 0 saturated heterocycles. The normalized spacial score (nSPS) is 10.6. The number of nitrogens with one attached hydrogen (secondary N) is 3. The summed E-state index contributed by atoms with van der Waals surface area (Å²) in [4.78, 5) is 36.4. The van der Waals surface area contributed by atoms with Gasteiger partial charge in [-0.3, -0.25) is 14.4 Å². The SMILES string of the molecule is CCOc1cc(/C=N\NC(=O)C(=O)Nc2ccc(CC)cc2)ccc1OCC(=O)Nc1cccc(C)c1. The van der Waals surface area contributed by atoms with Gasteiger partial charge in [0.2, 0.25) is 0 Å². The van der Waals surface area contributed by atoms with Gasteiger partial charge in [0.05, 0.1) is 12.8 Å². The Morgan fingerprint density at radius 1 is 0.838 bits per heavy atom. The minimum atomic E-state index is -0.902. The summed E-state index contributed by atoms with van der Waals surface area (Å²) in [6.45, 7) is 5.97. The summed E-state index contributed by atoms with van der Waals surface area (Å²) in [5.74, 6) is -1.24. The fourth-order valence-electron chi connectivity index (χ4n) is 3.28. The van der Waals surface area contributed by atoms with E-state index in [1.54, 1.807) is 36.4 Å². The maximum atomic E-state index is 12.3. The Kier molecular flexibility index (Phi) is 9.78. The van der Waals surface area contributed by atoms with Crippen molar-refractivity contribution < 1.29 is 23.9 Å². The highest BCUT2D eigenvalue weighted by molar-refractivity contribution is 6.39. The third kappa shape index (κ3) is 8.50. The van der Waals surface area contributed by atoms with Gasteiger partial charge in [0, 0.05) is 11.4 Å². The minimum absolute atomic E-state index is 0.201. The van der Waals surface area contributed by atoms with Gasteiger partial charge in [-0.1, -0.05) is 31.2 Å². The summed E-state index contributed by atoms with van der Waals surface area (Å²) < 4.78 is 11.3. The van der Waals surface area contributed by atoms with E-state index in [9.17, 15) is 14.4 Å². The lowest BCUT2D eigenvalue weighted by Crippen LogP contribution is -2.32. The maximum absolute atomic E-state index is 12.3. The van der Waals surface area contributed by atoms with E-state index in [2.05, 4.69) is 21.2 Å². The average molecular weight is 503 g/mol. The van der Waals surface area contributed by atoms with Gasteiger partial charge >= 0.3 is 11.8 Å². The third-order valence-corrected chi connectivity index (χ3v) is 5.13. The van der Waals surface area contributed by atoms with Gasteiger partial charge in [0.15, 0.2) is 18.1 Å². The molecule has 0 atom stereocenters. The summed E-state index contributed by atoms with van der Waals surface area (Å²) in [5.41, 5.74) is 6.16. The molecule has 9 nitrogen and oxygen atoms in total. The molecule has 0 bridgehead atoms. The van der Waals surface area contributed by atoms with E-state index >= 15 is 0 Å².